The zero-order valence-electron chi connectivity index (χ0n) is 19.2. The van der Waals surface area contributed by atoms with Gasteiger partial charge in [-0.2, -0.15) is 0 Å². The summed E-state index contributed by atoms with van der Waals surface area (Å²) in [5.41, 5.74) is 2.48. The second kappa shape index (κ2) is 10.4. The van der Waals surface area contributed by atoms with E-state index < -0.39 is 18.0 Å². The minimum absolute atomic E-state index is 0.00268. The number of halogens is 1. The number of hydrogen-bond acceptors (Lipinski definition) is 5. The molecular formula is C24H29FN4O4. The van der Waals surface area contributed by atoms with E-state index in [4.69, 9.17) is 4.74 Å². The van der Waals surface area contributed by atoms with Crippen molar-refractivity contribution in [3.8, 4) is 11.1 Å². The van der Waals surface area contributed by atoms with Crippen molar-refractivity contribution in [2.45, 2.75) is 32.5 Å². The summed E-state index contributed by atoms with van der Waals surface area (Å²) in [5, 5.41) is 5.79. The Morgan fingerprint density at radius 3 is 2.52 bits per heavy atom. The molecule has 33 heavy (non-hydrogen) atoms. The molecule has 1 aliphatic heterocycles. The molecule has 8 nitrogen and oxygen atoms in total. The zero-order valence-corrected chi connectivity index (χ0v) is 19.2. The van der Waals surface area contributed by atoms with Crippen molar-refractivity contribution in [2.24, 2.45) is 0 Å². The fourth-order valence-corrected chi connectivity index (χ4v) is 3.55. The Kier molecular flexibility index (Phi) is 7.65. The lowest BCUT2D eigenvalue weighted by molar-refractivity contribution is -0.130. The summed E-state index contributed by atoms with van der Waals surface area (Å²) in [6, 6.07) is 11.7. The Morgan fingerprint density at radius 2 is 1.91 bits per heavy atom. The highest BCUT2D eigenvalue weighted by Gasteiger charge is 2.32. The predicted octanol–water partition coefficient (Wildman–Crippen LogP) is 2.52. The molecule has 0 aromatic heterocycles. The predicted molar refractivity (Wildman–Crippen MR) is 123 cm³/mol. The molecule has 0 saturated carbocycles. The summed E-state index contributed by atoms with van der Waals surface area (Å²) >= 11 is 0. The average molecular weight is 457 g/mol. The van der Waals surface area contributed by atoms with Gasteiger partial charge in [0.15, 0.2) is 0 Å². The topological polar surface area (TPSA) is 91.0 Å². The van der Waals surface area contributed by atoms with Gasteiger partial charge in [-0.05, 0) is 36.2 Å². The van der Waals surface area contributed by atoms with Gasteiger partial charge in [-0.25, -0.2) is 9.18 Å². The van der Waals surface area contributed by atoms with Crippen LogP contribution in [0.1, 0.15) is 19.4 Å². The van der Waals surface area contributed by atoms with Gasteiger partial charge in [-0.1, -0.05) is 24.3 Å². The van der Waals surface area contributed by atoms with E-state index in [2.05, 4.69) is 10.6 Å². The molecule has 1 aliphatic rings. The van der Waals surface area contributed by atoms with E-state index in [0.717, 1.165) is 5.56 Å². The number of rotatable bonds is 8. The third kappa shape index (κ3) is 6.07. The lowest BCUT2D eigenvalue weighted by atomic mass is 10.0. The van der Waals surface area contributed by atoms with Crippen molar-refractivity contribution < 1.29 is 23.5 Å². The second-order valence-corrected chi connectivity index (χ2v) is 8.25. The summed E-state index contributed by atoms with van der Waals surface area (Å²) < 4.78 is 20.1. The van der Waals surface area contributed by atoms with E-state index in [1.165, 1.54) is 22.8 Å². The molecule has 0 unspecified atom stereocenters. The van der Waals surface area contributed by atoms with Crippen molar-refractivity contribution in [3.63, 3.8) is 0 Å². The molecule has 0 radical (unpaired) electrons. The average Bonchev–Trinajstić information content (AvgIpc) is 3.16. The second-order valence-electron chi connectivity index (χ2n) is 8.25. The minimum atomic E-state index is -0.573. The van der Waals surface area contributed by atoms with Crippen molar-refractivity contribution >= 4 is 23.6 Å². The summed E-state index contributed by atoms with van der Waals surface area (Å²) in [4.78, 5) is 38.0. The molecule has 2 aromatic rings. The lowest BCUT2D eigenvalue weighted by Crippen LogP contribution is -2.41. The van der Waals surface area contributed by atoms with Crippen LogP contribution in [0.2, 0.25) is 0 Å². The van der Waals surface area contributed by atoms with Gasteiger partial charge < -0.3 is 20.3 Å². The lowest BCUT2D eigenvalue weighted by Gasteiger charge is -2.18. The van der Waals surface area contributed by atoms with E-state index in [1.54, 1.807) is 26.2 Å². The van der Waals surface area contributed by atoms with Crippen LogP contribution in [-0.2, 0) is 20.9 Å². The molecule has 9 heteroatoms. The van der Waals surface area contributed by atoms with Gasteiger partial charge in [-0.3, -0.25) is 14.5 Å². The summed E-state index contributed by atoms with van der Waals surface area (Å²) in [7, 11) is 3.43. The smallest absolute Gasteiger partial charge is 0.414 e. The number of carbonyl (C=O) groups excluding carboxylic acids is 3. The Balaban J connectivity index is 1.64. The van der Waals surface area contributed by atoms with E-state index in [-0.39, 0.29) is 30.9 Å². The van der Waals surface area contributed by atoms with Crippen molar-refractivity contribution in [3.05, 3.63) is 53.8 Å². The van der Waals surface area contributed by atoms with E-state index in [9.17, 15) is 18.8 Å². The molecular weight excluding hydrogens is 427 g/mol. The number of benzene rings is 2. The molecule has 0 aliphatic carbocycles. The number of ether oxygens (including phenoxy) is 1. The molecule has 0 bridgehead atoms. The minimum Gasteiger partial charge on any atom is -0.442 e. The van der Waals surface area contributed by atoms with Crippen LogP contribution < -0.4 is 15.5 Å². The number of amides is 3. The number of nitrogens with one attached hydrogen (secondary N) is 2. The van der Waals surface area contributed by atoms with Crippen LogP contribution in [0, 0.1) is 5.82 Å². The van der Waals surface area contributed by atoms with Crippen molar-refractivity contribution in [2.75, 3.05) is 32.1 Å². The molecule has 0 spiro atoms. The highest BCUT2D eigenvalue weighted by molar-refractivity contribution is 5.90. The molecule has 2 N–H and O–H groups in total. The van der Waals surface area contributed by atoms with Gasteiger partial charge in [-0.15, -0.1) is 0 Å². The number of carbonyl (C=O) groups is 3. The first-order chi connectivity index (χ1) is 15.7. The maximum Gasteiger partial charge on any atom is 0.414 e. The van der Waals surface area contributed by atoms with Gasteiger partial charge in [0.25, 0.3) is 0 Å². The maximum atomic E-state index is 14.9. The van der Waals surface area contributed by atoms with Crippen LogP contribution >= 0.6 is 0 Å². The number of likely N-dealkylation sites (N-methyl/N-ethyl adjacent to an activating group) is 1. The largest absolute Gasteiger partial charge is 0.442 e. The van der Waals surface area contributed by atoms with E-state index >= 15 is 0 Å². The fraction of sp³-hybridized carbons (Fsp3) is 0.375. The number of nitrogens with zero attached hydrogens (tertiary/aromatic N) is 2. The molecule has 1 heterocycles. The van der Waals surface area contributed by atoms with Crippen LogP contribution in [0.25, 0.3) is 11.1 Å². The van der Waals surface area contributed by atoms with Crippen molar-refractivity contribution in [1.82, 2.24) is 15.5 Å². The fourth-order valence-electron chi connectivity index (χ4n) is 3.55. The SMILES string of the molecule is CC(=O)NC[C@H]1CN(c2ccc(-c3ccc(CN[C@H](C)C(=O)N(C)C)cc3)c(F)c2)C(=O)O1. The third-order valence-electron chi connectivity index (χ3n) is 5.41. The van der Waals surface area contributed by atoms with E-state index in [1.807, 2.05) is 31.2 Å². The number of hydrogen-bond donors (Lipinski definition) is 2. The van der Waals surface area contributed by atoms with Crippen LogP contribution in [0.15, 0.2) is 42.5 Å². The standard InChI is InChI=1S/C24H29FN4O4/c1-15(23(31)28(3)4)26-12-17-5-7-18(8-6-17)21-10-9-19(11-22(21)25)29-14-20(33-24(29)32)13-27-16(2)30/h5-11,15,20,26H,12-14H2,1-4H3,(H,27,30)/t15-,20+/m1/s1. The summed E-state index contributed by atoms with van der Waals surface area (Å²) in [6.45, 7) is 4.15. The van der Waals surface area contributed by atoms with Crippen LogP contribution in [0.5, 0.6) is 0 Å². The van der Waals surface area contributed by atoms with Gasteiger partial charge in [0.2, 0.25) is 11.8 Å². The molecule has 176 valence electrons. The monoisotopic (exact) mass is 456 g/mol. The van der Waals surface area contributed by atoms with Gasteiger partial charge in [0.1, 0.15) is 11.9 Å². The molecule has 1 saturated heterocycles. The third-order valence-corrected chi connectivity index (χ3v) is 5.41. The van der Waals surface area contributed by atoms with E-state index in [0.29, 0.717) is 23.4 Å². The Morgan fingerprint density at radius 1 is 1.21 bits per heavy atom. The first kappa shape index (κ1) is 24.2. The van der Waals surface area contributed by atoms with Crippen molar-refractivity contribution in [1.29, 1.82) is 0 Å². The van der Waals surface area contributed by atoms with Crippen LogP contribution in [-0.4, -0.2) is 62.1 Å². The van der Waals surface area contributed by atoms with Gasteiger partial charge >= 0.3 is 6.09 Å². The highest BCUT2D eigenvalue weighted by Crippen LogP contribution is 2.29. The molecule has 2 atom stereocenters. The quantitative estimate of drug-likeness (QED) is 0.637. The molecule has 2 aromatic carbocycles. The Labute approximate surface area is 192 Å². The number of cyclic esters (lactones) is 1. The van der Waals surface area contributed by atoms with Gasteiger partial charge in [0.05, 0.1) is 24.8 Å². The first-order valence-electron chi connectivity index (χ1n) is 10.7. The summed E-state index contributed by atoms with van der Waals surface area (Å²) in [6.07, 6.45) is -1.06. The zero-order chi connectivity index (χ0) is 24.1. The Bertz CT molecular complexity index is 1030. The summed E-state index contributed by atoms with van der Waals surface area (Å²) in [5.74, 6) is -0.669. The first-order valence-corrected chi connectivity index (χ1v) is 10.7. The molecule has 3 rings (SSSR count). The highest BCUT2D eigenvalue weighted by atomic mass is 19.1. The van der Waals surface area contributed by atoms with Crippen LogP contribution in [0.4, 0.5) is 14.9 Å². The molecule has 3 amide bonds. The van der Waals surface area contributed by atoms with Gasteiger partial charge in [0, 0.05) is 33.1 Å². The number of anilines is 1. The Hall–Kier alpha value is -3.46. The maximum absolute atomic E-state index is 14.9. The van der Waals surface area contributed by atoms with Crippen LogP contribution in [0.3, 0.4) is 0 Å². The normalized spacial score (nSPS) is 16.3. The molecule has 1 fully saturated rings.